The predicted octanol–water partition coefficient (Wildman–Crippen LogP) is 1.29. The molecule has 0 saturated carbocycles. The number of rotatable bonds is 6. The zero-order valence-corrected chi connectivity index (χ0v) is 16.2. The van der Waals surface area contributed by atoms with Crippen molar-refractivity contribution in [3.8, 4) is 6.07 Å². The molecule has 1 fully saturated rings. The van der Waals surface area contributed by atoms with Crippen LogP contribution in [0.25, 0.3) is 0 Å². The fourth-order valence-corrected chi connectivity index (χ4v) is 4.32. The Kier molecular flexibility index (Phi) is 6.41. The number of piperazine rings is 1. The summed E-state index contributed by atoms with van der Waals surface area (Å²) in [4.78, 5) is 16.4. The maximum absolute atomic E-state index is 12.5. The van der Waals surface area contributed by atoms with E-state index in [-0.39, 0.29) is 22.9 Å². The molecule has 2 aromatic rings. The average Bonchev–Trinajstić information content (AvgIpc) is 2.74. The van der Waals surface area contributed by atoms with Gasteiger partial charge in [0.2, 0.25) is 10.0 Å². The summed E-state index contributed by atoms with van der Waals surface area (Å²) in [5, 5.41) is 9.08. The van der Waals surface area contributed by atoms with Gasteiger partial charge in [-0.1, -0.05) is 30.3 Å². The lowest BCUT2D eigenvalue weighted by molar-refractivity contribution is 0.0640. The van der Waals surface area contributed by atoms with E-state index in [9.17, 15) is 13.2 Å². The lowest BCUT2D eigenvalue weighted by atomic mass is 10.2. The third kappa shape index (κ3) is 4.75. The largest absolute Gasteiger partial charge is 0.336 e. The molecule has 1 aliphatic rings. The van der Waals surface area contributed by atoms with E-state index < -0.39 is 10.0 Å². The first-order chi connectivity index (χ1) is 13.5. The molecule has 1 N–H and O–H groups in total. The van der Waals surface area contributed by atoms with Gasteiger partial charge in [-0.15, -0.1) is 0 Å². The van der Waals surface area contributed by atoms with Crippen LogP contribution >= 0.6 is 0 Å². The Labute approximate surface area is 165 Å². The molecule has 0 aromatic heterocycles. The molecule has 0 spiro atoms. The zero-order chi connectivity index (χ0) is 20.0. The molecule has 0 radical (unpaired) electrons. The number of carbonyl (C=O) groups excluding carboxylic acids is 1. The SMILES string of the molecule is N#Cc1ccccc1S(=O)(=O)NCCN1CCN(C(=O)c2ccccc2)CC1. The number of amides is 1. The average molecular weight is 398 g/mol. The lowest BCUT2D eigenvalue weighted by Crippen LogP contribution is -2.50. The Balaban J connectivity index is 1.48. The van der Waals surface area contributed by atoms with E-state index in [1.165, 1.54) is 12.1 Å². The highest BCUT2D eigenvalue weighted by molar-refractivity contribution is 7.89. The fraction of sp³-hybridized carbons (Fsp3) is 0.300. The van der Waals surface area contributed by atoms with Crippen molar-refractivity contribution in [2.45, 2.75) is 4.90 Å². The molecule has 0 aliphatic carbocycles. The van der Waals surface area contributed by atoms with Crippen molar-refractivity contribution in [2.75, 3.05) is 39.3 Å². The quantitative estimate of drug-likeness (QED) is 0.792. The highest BCUT2D eigenvalue weighted by atomic mass is 32.2. The third-order valence-corrected chi connectivity index (χ3v) is 6.22. The number of carbonyl (C=O) groups is 1. The Morgan fingerprint density at radius 1 is 1.00 bits per heavy atom. The smallest absolute Gasteiger partial charge is 0.253 e. The van der Waals surface area contributed by atoms with Crippen molar-refractivity contribution in [3.05, 3.63) is 65.7 Å². The van der Waals surface area contributed by atoms with Crippen molar-refractivity contribution < 1.29 is 13.2 Å². The minimum atomic E-state index is -3.73. The Morgan fingerprint density at radius 3 is 2.32 bits per heavy atom. The van der Waals surface area contributed by atoms with Crippen LogP contribution in [0.15, 0.2) is 59.5 Å². The second kappa shape index (κ2) is 8.97. The minimum Gasteiger partial charge on any atom is -0.336 e. The first-order valence-corrected chi connectivity index (χ1v) is 10.5. The summed E-state index contributed by atoms with van der Waals surface area (Å²) >= 11 is 0. The van der Waals surface area contributed by atoms with Crippen molar-refractivity contribution in [2.24, 2.45) is 0 Å². The van der Waals surface area contributed by atoms with Crippen LogP contribution in [0, 0.1) is 11.3 Å². The molecule has 3 rings (SSSR count). The molecule has 1 aliphatic heterocycles. The van der Waals surface area contributed by atoms with Crippen LogP contribution in [0.2, 0.25) is 0 Å². The highest BCUT2D eigenvalue weighted by Crippen LogP contribution is 2.14. The Bertz CT molecular complexity index is 962. The standard InChI is InChI=1S/C20H22N4O3S/c21-16-18-8-4-5-9-19(18)28(26,27)22-10-11-23-12-14-24(15-13-23)20(25)17-6-2-1-3-7-17/h1-9,22H,10-15H2. The van der Waals surface area contributed by atoms with Gasteiger partial charge in [-0.3, -0.25) is 9.69 Å². The van der Waals surface area contributed by atoms with Crippen molar-refractivity contribution in [3.63, 3.8) is 0 Å². The van der Waals surface area contributed by atoms with E-state index >= 15 is 0 Å². The summed E-state index contributed by atoms with van der Waals surface area (Å²) in [6.07, 6.45) is 0. The second-order valence-corrected chi connectivity index (χ2v) is 8.24. The minimum absolute atomic E-state index is 0.00391. The van der Waals surface area contributed by atoms with Crippen molar-refractivity contribution >= 4 is 15.9 Å². The molecule has 1 heterocycles. The molecule has 0 atom stereocenters. The van der Waals surface area contributed by atoms with Gasteiger partial charge in [-0.2, -0.15) is 5.26 Å². The van der Waals surface area contributed by atoms with Crippen LogP contribution < -0.4 is 4.72 Å². The van der Waals surface area contributed by atoms with Crippen LogP contribution in [0.1, 0.15) is 15.9 Å². The van der Waals surface area contributed by atoms with E-state index in [4.69, 9.17) is 5.26 Å². The molecule has 1 amide bonds. The van der Waals surface area contributed by atoms with Gasteiger partial charge in [-0.25, -0.2) is 13.1 Å². The Hall–Kier alpha value is -2.73. The second-order valence-electron chi connectivity index (χ2n) is 6.51. The number of hydrogen-bond donors (Lipinski definition) is 1. The number of nitriles is 1. The number of sulfonamides is 1. The maximum Gasteiger partial charge on any atom is 0.253 e. The molecular formula is C20H22N4O3S. The summed E-state index contributed by atoms with van der Waals surface area (Å²) in [5.74, 6) is 0.0223. The third-order valence-electron chi connectivity index (χ3n) is 4.70. The van der Waals surface area contributed by atoms with Crippen LogP contribution in [0.5, 0.6) is 0 Å². The zero-order valence-electron chi connectivity index (χ0n) is 15.4. The van der Waals surface area contributed by atoms with E-state index in [0.29, 0.717) is 38.3 Å². The molecular weight excluding hydrogens is 376 g/mol. The first-order valence-electron chi connectivity index (χ1n) is 9.07. The summed E-state index contributed by atoms with van der Waals surface area (Å²) in [7, 11) is -3.73. The van der Waals surface area contributed by atoms with Gasteiger partial charge >= 0.3 is 0 Å². The molecule has 0 unspecified atom stereocenters. The van der Waals surface area contributed by atoms with E-state index in [1.807, 2.05) is 41.3 Å². The van der Waals surface area contributed by atoms with Gasteiger partial charge < -0.3 is 4.90 Å². The molecule has 7 nitrogen and oxygen atoms in total. The molecule has 0 bridgehead atoms. The monoisotopic (exact) mass is 398 g/mol. The normalized spacial score (nSPS) is 15.2. The summed E-state index contributed by atoms with van der Waals surface area (Å²) < 4.78 is 27.4. The number of nitrogens with zero attached hydrogens (tertiary/aromatic N) is 3. The van der Waals surface area contributed by atoms with Crippen molar-refractivity contribution in [1.82, 2.24) is 14.5 Å². The molecule has 8 heteroatoms. The number of nitrogens with one attached hydrogen (secondary N) is 1. The Morgan fingerprint density at radius 2 is 1.64 bits per heavy atom. The maximum atomic E-state index is 12.5. The van der Waals surface area contributed by atoms with Crippen LogP contribution in [0.3, 0.4) is 0 Å². The molecule has 1 saturated heterocycles. The van der Waals surface area contributed by atoms with Gasteiger partial charge in [0, 0.05) is 44.8 Å². The highest BCUT2D eigenvalue weighted by Gasteiger charge is 2.23. The lowest BCUT2D eigenvalue weighted by Gasteiger charge is -2.34. The van der Waals surface area contributed by atoms with Gasteiger partial charge in [-0.05, 0) is 24.3 Å². The van der Waals surface area contributed by atoms with Crippen LogP contribution in [-0.2, 0) is 10.0 Å². The topological polar surface area (TPSA) is 93.5 Å². The summed E-state index contributed by atoms with van der Waals surface area (Å²) in [6, 6.07) is 17.2. The van der Waals surface area contributed by atoms with Gasteiger partial charge in [0.1, 0.15) is 6.07 Å². The van der Waals surface area contributed by atoms with Gasteiger partial charge in [0.15, 0.2) is 0 Å². The summed E-state index contributed by atoms with van der Waals surface area (Å²) in [6.45, 7) is 3.38. The van der Waals surface area contributed by atoms with Gasteiger partial charge in [0.05, 0.1) is 10.5 Å². The molecule has 146 valence electrons. The number of hydrogen-bond acceptors (Lipinski definition) is 5. The fourth-order valence-electron chi connectivity index (χ4n) is 3.15. The van der Waals surface area contributed by atoms with Crippen molar-refractivity contribution in [1.29, 1.82) is 5.26 Å². The van der Waals surface area contributed by atoms with E-state index in [2.05, 4.69) is 9.62 Å². The molecule has 28 heavy (non-hydrogen) atoms. The summed E-state index contributed by atoms with van der Waals surface area (Å²) in [5.41, 5.74) is 0.808. The van der Waals surface area contributed by atoms with Gasteiger partial charge in [0.25, 0.3) is 5.91 Å². The predicted molar refractivity (Wildman–Crippen MR) is 105 cm³/mol. The van der Waals surface area contributed by atoms with Crippen LogP contribution in [-0.4, -0.2) is 63.4 Å². The first kappa shape index (κ1) is 20.0. The number of benzene rings is 2. The van der Waals surface area contributed by atoms with E-state index in [1.54, 1.807) is 12.1 Å². The van der Waals surface area contributed by atoms with Crippen LogP contribution in [0.4, 0.5) is 0 Å². The van der Waals surface area contributed by atoms with E-state index in [0.717, 1.165) is 0 Å². The molecule has 2 aromatic carbocycles.